The summed E-state index contributed by atoms with van der Waals surface area (Å²) in [4.78, 5) is 17.2. The summed E-state index contributed by atoms with van der Waals surface area (Å²) in [5, 5.41) is 17.3. The molecule has 3 aromatic carbocycles. The number of hydrogen-bond acceptors (Lipinski definition) is 5. The van der Waals surface area contributed by atoms with Gasteiger partial charge in [0.05, 0.1) is 16.7 Å². The number of phenolic OH excluding ortho intramolecular Hbond substituents is 1. The largest absolute Gasteiger partial charge is 0.507 e. The van der Waals surface area contributed by atoms with E-state index in [1.807, 2.05) is 65.7 Å². The van der Waals surface area contributed by atoms with Gasteiger partial charge in [-0.2, -0.15) is 10.1 Å². The Morgan fingerprint density at radius 2 is 1.72 bits per heavy atom. The van der Waals surface area contributed by atoms with Gasteiger partial charge in [0.1, 0.15) is 5.75 Å². The van der Waals surface area contributed by atoms with Crippen LogP contribution in [0, 0.1) is 0 Å². The Morgan fingerprint density at radius 1 is 1.00 bits per heavy atom. The summed E-state index contributed by atoms with van der Waals surface area (Å²) in [5.74, 6) is 0.623. The lowest BCUT2D eigenvalue weighted by Crippen LogP contribution is -2.26. The first-order valence-electron chi connectivity index (χ1n) is 10.1. The highest BCUT2D eigenvalue weighted by Crippen LogP contribution is 2.40. The number of halogens is 1. The van der Waals surface area contributed by atoms with Crippen LogP contribution in [-0.2, 0) is 0 Å². The van der Waals surface area contributed by atoms with Gasteiger partial charge in [-0.05, 0) is 47.2 Å². The molecule has 1 unspecified atom stereocenters. The van der Waals surface area contributed by atoms with Gasteiger partial charge in [-0.1, -0.05) is 72.3 Å². The van der Waals surface area contributed by atoms with Crippen LogP contribution in [0.5, 0.6) is 5.75 Å². The molecule has 3 aromatic rings. The fourth-order valence-corrected chi connectivity index (χ4v) is 4.63. The van der Waals surface area contributed by atoms with Crippen LogP contribution in [0.25, 0.3) is 6.08 Å². The molecule has 1 N–H and O–H groups in total. The van der Waals surface area contributed by atoms with Gasteiger partial charge in [0.15, 0.2) is 5.84 Å². The topological polar surface area (TPSA) is 65.3 Å². The third-order valence-corrected chi connectivity index (χ3v) is 6.37. The Bertz CT molecular complexity index is 1270. The number of carbonyl (C=O) groups is 1. The Kier molecular flexibility index (Phi) is 5.55. The van der Waals surface area contributed by atoms with Gasteiger partial charge in [-0.15, -0.1) is 0 Å². The zero-order chi connectivity index (χ0) is 22.1. The fraction of sp³-hybridized carbons (Fsp3) is 0.0800. The van der Waals surface area contributed by atoms with Crippen LogP contribution in [0.4, 0.5) is 4.79 Å². The molecule has 1 amide bonds. The van der Waals surface area contributed by atoms with E-state index in [1.54, 1.807) is 24.3 Å². The van der Waals surface area contributed by atoms with Crippen molar-refractivity contribution in [2.75, 3.05) is 0 Å². The van der Waals surface area contributed by atoms with E-state index >= 15 is 0 Å². The van der Waals surface area contributed by atoms with Gasteiger partial charge in [0.2, 0.25) is 0 Å². The molecule has 32 heavy (non-hydrogen) atoms. The Morgan fingerprint density at radius 3 is 2.47 bits per heavy atom. The van der Waals surface area contributed by atoms with E-state index in [0.29, 0.717) is 27.7 Å². The minimum absolute atomic E-state index is 0.138. The molecule has 158 valence electrons. The van der Waals surface area contributed by atoms with Crippen LogP contribution in [0.15, 0.2) is 93.9 Å². The smallest absolute Gasteiger partial charge is 0.311 e. The number of hydrogen-bond donors (Lipinski definition) is 1. The number of rotatable bonds is 3. The molecule has 2 heterocycles. The van der Waals surface area contributed by atoms with Crippen molar-refractivity contribution in [3.63, 3.8) is 0 Å². The molecule has 7 heteroatoms. The first kappa shape index (κ1) is 20.5. The summed E-state index contributed by atoms with van der Waals surface area (Å²) >= 11 is 7.14. The third-order valence-electron chi connectivity index (χ3n) is 5.33. The molecule has 0 fully saturated rings. The van der Waals surface area contributed by atoms with Crippen LogP contribution in [-0.4, -0.2) is 26.9 Å². The van der Waals surface area contributed by atoms with Gasteiger partial charge >= 0.3 is 5.24 Å². The molecular formula is C25H18ClN3O2S. The van der Waals surface area contributed by atoms with Crippen molar-refractivity contribution < 1.29 is 9.90 Å². The first-order valence-corrected chi connectivity index (χ1v) is 11.3. The first-order chi connectivity index (χ1) is 15.6. The number of aliphatic imine (C=N–C) groups is 1. The van der Waals surface area contributed by atoms with E-state index in [0.717, 1.165) is 28.6 Å². The number of amides is 1. The van der Waals surface area contributed by atoms with E-state index in [-0.39, 0.29) is 17.0 Å². The highest BCUT2D eigenvalue weighted by Gasteiger charge is 2.36. The number of phenols is 1. The van der Waals surface area contributed by atoms with Gasteiger partial charge in [-0.25, -0.2) is 5.01 Å². The average Bonchev–Trinajstić information content (AvgIpc) is 3.40. The lowest BCUT2D eigenvalue weighted by Gasteiger charge is -2.24. The number of carbonyl (C=O) groups excluding carboxylic acids is 1. The predicted octanol–water partition coefficient (Wildman–Crippen LogP) is 6.50. The molecule has 0 bridgehead atoms. The minimum atomic E-state index is -0.306. The molecule has 5 rings (SSSR count). The zero-order valence-electron chi connectivity index (χ0n) is 16.9. The van der Waals surface area contributed by atoms with Gasteiger partial charge in [0.25, 0.3) is 0 Å². The molecule has 5 nitrogen and oxygen atoms in total. The normalized spacial score (nSPS) is 19.4. The lowest BCUT2D eigenvalue weighted by molar-refractivity contribution is 0.267. The van der Waals surface area contributed by atoms with Gasteiger partial charge in [-0.3, -0.25) is 4.79 Å². The molecule has 0 saturated carbocycles. The number of hydrazone groups is 1. The van der Waals surface area contributed by atoms with Crippen molar-refractivity contribution in [2.24, 2.45) is 10.1 Å². The van der Waals surface area contributed by atoms with Gasteiger partial charge in [0, 0.05) is 17.0 Å². The van der Waals surface area contributed by atoms with Crippen molar-refractivity contribution in [1.29, 1.82) is 0 Å². The van der Waals surface area contributed by atoms with Crippen LogP contribution in [0.3, 0.4) is 0 Å². The number of benzene rings is 3. The van der Waals surface area contributed by atoms with Crippen molar-refractivity contribution in [3.8, 4) is 5.75 Å². The highest BCUT2D eigenvalue weighted by atomic mass is 35.5. The van der Waals surface area contributed by atoms with Crippen LogP contribution in [0.1, 0.15) is 29.2 Å². The Labute approximate surface area is 194 Å². The second-order valence-corrected chi connectivity index (χ2v) is 8.83. The van der Waals surface area contributed by atoms with Gasteiger partial charge < -0.3 is 5.11 Å². The van der Waals surface area contributed by atoms with E-state index in [9.17, 15) is 9.90 Å². The summed E-state index contributed by atoms with van der Waals surface area (Å²) in [6, 6.07) is 24.5. The second kappa shape index (κ2) is 8.65. The number of aromatic hydroxyl groups is 1. The molecule has 2 aliphatic rings. The maximum atomic E-state index is 12.3. The molecule has 1 atom stereocenters. The number of nitrogens with zero attached hydrogens (tertiary/aromatic N) is 3. The molecule has 0 aliphatic carbocycles. The standard InChI is InChI=1S/C25H18ClN3O2S/c26-19-12-10-17(11-13-19)21-15-20(16-6-2-1-3-7-16)28-29(21)24-23(32-25(31)27-24)14-18-8-4-5-9-22(18)30/h1-14,21,30H,15H2/b23-14-. The highest BCUT2D eigenvalue weighted by molar-refractivity contribution is 8.18. The molecule has 0 radical (unpaired) electrons. The van der Waals surface area contributed by atoms with E-state index < -0.39 is 0 Å². The average molecular weight is 460 g/mol. The summed E-state index contributed by atoms with van der Waals surface area (Å²) in [6.07, 6.45) is 2.44. The molecular weight excluding hydrogens is 442 g/mol. The quantitative estimate of drug-likeness (QED) is 0.485. The molecule has 0 aromatic heterocycles. The van der Waals surface area contributed by atoms with Crippen LogP contribution < -0.4 is 0 Å². The third kappa shape index (κ3) is 4.07. The van der Waals surface area contributed by atoms with E-state index in [4.69, 9.17) is 16.7 Å². The monoisotopic (exact) mass is 459 g/mol. The van der Waals surface area contributed by atoms with Crippen molar-refractivity contribution in [2.45, 2.75) is 12.5 Å². The summed E-state index contributed by atoms with van der Waals surface area (Å²) in [7, 11) is 0. The van der Waals surface area contributed by atoms with Crippen LogP contribution in [0.2, 0.25) is 5.02 Å². The van der Waals surface area contributed by atoms with Crippen LogP contribution >= 0.6 is 23.4 Å². The Hall–Kier alpha value is -3.35. The second-order valence-electron chi connectivity index (χ2n) is 7.40. The molecule has 0 spiro atoms. The Balaban J connectivity index is 1.58. The van der Waals surface area contributed by atoms with E-state index in [1.165, 1.54) is 0 Å². The zero-order valence-corrected chi connectivity index (χ0v) is 18.4. The van der Waals surface area contributed by atoms with Crippen molar-refractivity contribution in [3.05, 3.63) is 105 Å². The lowest BCUT2D eigenvalue weighted by atomic mass is 9.98. The summed E-state index contributed by atoms with van der Waals surface area (Å²) in [5.41, 5.74) is 3.59. The predicted molar refractivity (Wildman–Crippen MR) is 130 cm³/mol. The molecule has 2 aliphatic heterocycles. The molecule has 0 saturated heterocycles. The van der Waals surface area contributed by atoms with Crippen molar-refractivity contribution in [1.82, 2.24) is 5.01 Å². The SMILES string of the molecule is O=C1N=C(N2N=C(c3ccccc3)CC2c2ccc(Cl)cc2)/C(=C/c2ccccc2O)S1. The van der Waals surface area contributed by atoms with Crippen molar-refractivity contribution >= 4 is 46.2 Å². The number of thioether (sulfide) groups is 1. The minimum Gasteiger partial charge on any atom is -0.507 e. The maximum Gasteiger partial charge on any atom is 0.311 e. The number of amidine groups is 1. The summed E-state index contributed by atoms with van der Waals surface area (Å²) < 4.78 is 0. The van der Waals surface area contributed by atoms with E-state index in [2.05, 4.69) is 4.99 Å². The fourth-order valence-electron chi connectivity index (χ4n) is 3.77. The maximum absolute atomic E-state index is 12.3. The summed E-state index contributed by atoms with van der Waals surface area (Å²) in [6.45, 7) is 0. The number of para-hydroxylation sites is 1.